The number of aryl methyl sites for hydroxylation is 1. The van der Waals surface area contributed by atoms with E-state index in [9.17, 15) is 8.42 Å². The quantitative estimate of drug-likeness (QED) is 0.636. The molecule has 26 heavy (non-hydrogen) atoms. The molecule has 0 radical (unpaired) electrons. The molecular formula is C19H20N2O4S. The number of hydrogen-bond acceptors (Lipinski definition) is 5. The van der Waals surface area contributed by atoms with E-state index in [0.717, 1.165) is 5.56 Å². The fourth-order valence-electron chi connectivity index (χ4n) is 2.64. The summed E-state index contributed by atoms with van der Waals surface area (Å²) in [6, 6.07) is 13.7. The summed E-state index contributed by atoms with van der Waals surface area (Å²) in [6.07, 6.45) is 3.17. The number of benzene rings is 1. The minimum absolute atomic E-state index is 0.122. The summed E-state index contributed by atoms with van der Waals surface area (Å²) in [4.78, 5) is 4.45. The Morgan fingerprint density at radius 1 is 1.12 bits per heavy atom. The highest BCUT2D eigenvalue weighted by molar-refractivity contribution is 7.89. The average Bonchev–Trinajstić information content (AvgIpc) is 3.15. The molecule has 3 rings (SSSR count). The van der Waals surface area contributed by atoms with Crippen molar-refractivity contribution in [1.82, 2.24) is 9.29 Å². The van der Waals surface area contributed by atoms with Gasteiger partial charge in [-0.15, -0.1) is 0 Å². The van der Waals surface area contributed by atoms with E-state index in [4.69, 9.17) is 9.15 Å². The predicted molar refractivity (Wildman–Crippen MR) is 97.1 cm³/mol. The molecule has 0 saturated carbocycles. The van der Waals surface area contributed by atoms with Crippen LogP contribution < -0.4 is 4.74 Å². The molecule has 0 atom stereocenters. The predicted octanol–water partition coefficient (Wildman–Crippen LogP) is 3.38. The zero-order valence-electron chi connectivity index (χ0n) is 14.6. The number of hydrogen-bond donors (Lipinski definition) is 0. The molecule has 2 heterocycles. The van der Waals surface area contributed by atoms with Gasteiger partial charge in [0.15, 0.2) is 0 Å². The van der Waals surface area contributed by atoms with E-state index in [0.29, 0.717) is 17.2 Å². The molecule has 0 amide bonds. The maximum absolute atomic E-state index is 13.2. The third kappa shape index (κ3) is 3.95. The van der Waals surface area contributed by atoms with E-state index in [1.54, 1.807) is 55.8 Å². The van der Waals surface area contributed by atoms with Crippen LogP contribution in [0, 0.1) is 6.92 Å². The van der Waals surface area contributed by atoms with Gasteiger partial charge in [-0.25, -0.2) is 8.42 Å². The van der Waals surface area contributed by atoms with Crippen molar-refractivity contribution in [2.24, 2.45) is 0 Å². The minimum atomic E-state index is -3.75. The Hall–Kier alpha value is -2.64. The average molecular weight is 372 g/mol. The lowest BCUT2D eigenvalue weighted by Crippen LogP contribution is -2.30. The van der Waals surface area contributed by atoms with Crippen LogP contribution in [-0.2, 0) is 23.1 Å². The molecule has 0 aliphatic heterocycles. The summed E-state index contributed by atoms with van der Waals surface area (Å²) in [6.45, 7) is 2.08. The molecule has 0 unspecified atom stereocenters. The molecular weight excluding hydrogens is 352 g/mol. The van der Waals surface area contributed by atoms with Gasteiger partial charge in [-0.2, -0.15) is 4.31 Å². The number of aromatic nitrogens is 1. The van der Waals surface area contributed by atoms with Crippen LogP contribution in [0.25, 0.3) is 0 Å². The Bertz CT molecular complexity index is 954. The van der Waals surface area contributed by atoms with Crippen molar-refractivity contribution >= 4 is 10.0 Å². The topological polar surface area (TPSA) is 72.6 Å². The highest BCUT2D eigenvalue weighted by Crippen LogP contribution is 2.25. The van der Waals surface area contributed by atoms with Crippen LogP contribution in [0.1, 0.15) is 17.0 Å². The summed E-state index contributed by atoms with van der Waals surface area (Å²) < 4.78 is 38.4. The molecule has 0 N–H and O–H groups in total. The van der Waals surface area contributed by atoms with Crippen molar-refractivity contribution in [2.75, 3.05) is 7.11 Å². The van der Waals surface area contributed by atoms with Crippen LogP contribution in [0.15, 0.2) is 70.3 Å². The summed E-state index contributed by atoms with van der Waals surface area (Å²) in [5, 5.41) is 0. The summed E-state index contributed by atoms with van der Waals surface area (Å²) in [5.41, 5.74) is 1.41. The highest BCUT2D eigenvalue weighted by atomic mass is 32.2. The lowest BCUT2D eigenvalue weighted by atomic mass is 10.2. The zero-order chi connectivity index (χ0) is 18.6. The second-order valence-electron chi connectivity index (χ2n) is 5.80. The first-order chi connectivity index (χ1) is 12.5. The molecule has 0 bridgehead atoms. The van der Waals surface area contributed by atoms with Gasteiger partial charge in [0.2, 0.25) is 10.0 Å². The SMILES string of the molecule is COc1ccc(S(=O)(=O)N(Cc2ccccn2)Cc2ccco2)cc1C. The number of rotatable bonds is 7. The Morgan fingerprint density at radius 2 is 1.96 bits per heavy atom. The van der Waals surface area contributed by atoms with Gasteiger partial charge >= 0.3 is 0 Å². The number of pyridine rings is 1. The Morgan fingerprint density at radius 3 is 2.58 bits per heavy atom. The van der Waals surface area contributed by atoms with Crippen LogP contribution in [0.4, 0.5) is 0 Å². The summed E-state index contributed by atoms with van der Waals surface area (Å²) in [5.74, 6) is 1.21. The van der Waals surface area contributed by atoms with Crippen molar-refractivity contribution in [1.29, 1.82) is 0 Å². The van der Waals surface area contributed by atoms with Crippen molar-refractivity contribution < 1.29 is 17.6 Å². The number of ether oxygens (including phenoxy) is 1. The first-order valence-corrected chi connectivity index (χ1v) is 9.52. The molecule has 0 saturated heterocycles. The number of sulfonamides is 1. The minimum Gasteiger partial charge on any atom is -0.496 e. The molecule has 6 nitrogen and oxygen atoms in total. The number of methoxy groups -OCH3 is 1. The Kier molecular flexibility index (Phi) is 5.39. The molecule has 2 aromatic heterocycles. The standard InChI is InChI=1S/C19H20N2O4S/c1-15-12-18(8-9-19(15)24-2)26(22,23)21(14-17-7-5-11-25-17)13-16-6-3-4-10-20-16/h3-12H,13-14H2,1-2H3. The number of furan rings is 1. The van der Waals surface area contributed by atoms with Gasteiger partial charge < -0.3 is 9.15 Å². The van der Waals surface area contributed by atoms with Gasteiger partial charge in [0, 0.05) is 6.20 Å². The fourth-order valence-corrected chi connectivity index (χ4v) is 4.10. The Labute approximate surface area is 153 Å². The normalized spacial score (nSPS) is 11.7. The first-order valence-electron chi connectivity index (χ1n) is 8.08. The van der Waals surface area contributed by atoms with Gasteiger partial charge in [-0.3, -0.25) is 4.98 Å². The third-order valence-electron chi connectivity index (χ3n) is 3.98. The van der Waals surface area contributed by atoms with E-state index in [2.05, 4.69) is 4.98 Å². The highest BCUT2D eigenvalue weighted by Gasteiger charge is 2.26. The van der Waals surface area contributed by atoms with Gasteiger partial charge in [0.05, 0.1) is 37.1 Å². The van der Waals surface area contributed by atoms with Crippen molar-refractivity contribution in [2.45, 2.75) is 24.9 Å². The van der Waals surface area contributed by atoms with E-state index in [1.165, 1.54) is 10.6 Å². The monoisotopic (exact) mass is 372 g/mol. The largest absolute Gasteiger partial charge is 0.496 e. The smallest absolute Gasteiger partial charge is 0.243 e. The molecule has 0 aliphatic rings. The second kappa shape index (κ2) is 7.72. The van der Waals surface area contributed by atoms with E-state index >= 15 is 0 Å². The molecule has 3 aromatic rings. The van der Waals surface area contributed by atoms with Crippen LogP contribution >= 0.6 is 0 Å². The van der Waals surface area contributed by atoms with Crippen LogP contribution in [0.3, 0.4) is 0 Å². The zero-order valence-corrected chi connectivity index (χ0v) is 15.4. The van der Waals surface area contributed by atoms with Crippen molar-refractivity contribution in [3.8, 4) is 5.75 Å². The van der Waals surface area contributed by atoms with E-state index < -0.39 is 10.0 Å². The second-order valence-corrected chi connectivity index (χ2v) is 7.74. The molecule has 0 spiro atoms. The number of nitrogens with zero attached hydrogens (tertiary/aromatic N) is 2. The lowest BCUT2D eigenvalue weighted by molar-refractivity contribution is 0.355. The van der Waals surface area contributed by atoms with Crippen LogP contribution in [-0.4, -0.2) is 24.8 Å². The lowest BCUT2D eigenvalue weighted by Gasteiger charge is -2.21. The maximum Gasteiger partial charge on any atom is 0.243 e. The maximum atomic E-state index is 13.2. The molecule has 1 aromatic carbocycles. The van der Waals surface area contributed by atoms with Crippen molar-refractivity contribution in [3.05, 3.63) is 78.0 Å². The van der Waals surface area contributed by atoms with E-state index in [-0.39, 0.29) is 18.0 Å². The fraction of sp³-hybridized carbons (Fsp3) is 0.211. The van der Waals surface area contributed by atoms with Gasteiger partial charge in [0.1, 0.15) is 11.5 Å². The molecule has 0 fully saturated rings. The summed E-state index contributed by atoms with van der Waals surface area (Å²) in [7, 11) is -2.19. The van der Waals surface area contributed by atoms with Crippen LogP contribution in [0.5, 0.6) is 5.75 Å². The van der Waals surface area contributed by atoms with Crippen molar-refractivity contribution in [3.63, 3.8) is 0 Å². The van der Waals surface area contributed by atoms with Gasteiger partial charge in [0.25, 0.3) is 0 Å². The molecule has 136 valence electrons. The third-order valence-corrected chi connectivity index (χ3v) is 5.77. The Balaban J connectivity index is 1.97. The molecule has 0 aliphatic carbocycles. The van der Waals surface area contributed by atoms with Gasteiger partial charge in [-0.1, -0.05) is 6.07 Å². The molecule has 7 heteroatoms. The van der Waals surface area contributed by atoms with Gasteiger partial charge in [-0.05, 0) is 55.0 Å². The summed E-state index contributed by atoms with van der Waals surface area (Å²) >= 11 is 0. The van der Waals surface area contributed by atoms with E-state index in [1.807, 2.05) is 13.0 Å². The van der Waals surface area contributed by atoms with Crippen LogP contribution in [0.2, 0.25) is 0 Å². The first kappa shape index (κ1) is 18.2.